The van der Waals surface area contributed by atoms with Crippen LogP contribution in [0.25, 0.3) is 0 Å². The first-order valence-electron chi connectivity index (χ1n) is 7.25. The molecule has 0 radical (unpaired) electrons. The molecule has 1 aromatic rings. The highest BCUT2D eigenvalue weighted by molar-refractivity contribution is 6.00. The summed E-state index contributed by atoms with van der Waals surface area (Å²) in [6, 6.07) is 4.49. The van der Waals surface area contributed by atoms with Crippen molar-refractivity contribution < 1.29 is 9.72 Å². The van der Waals surface area contributed by atoms with Gasteiger partial charge in [0.2, 0.25) is 0 Å². The minimum absolute atomic E-state index is 0.0118. The predicted octanol–water partition coefficient (Wildman–Crippen LogP) is 2.73. The van der Waals surface area contributed by atoms with Crippen LogP contribution in [0.1, 0.15) is 43.5 Å². The van der Waals surface area contributed by atoms with Gasteiger partial charge >= 0.3 is 5.69 Å². The molecule has 0 heterocycles. The molecule has 1 aliphatic rings. The number of para-hydroxylation sites is 1. The summed E-state index contributed by atoms with van der Waals surface area (Å²) >= 11 is 0. The molecule has 6 nitrogen and oxygen atoms in total. The summed E-state index contributed by atoms with van der Waals surface area (Å²) in [6.07, 6.45) is 3.13. The smallest absolute Gasteiger partial charge is 0.304 e. The molecular formula is C15H21N3O3. The molecule has 3 unspecified atom stereocenters. The Morgan fingerprint density at radius 1 is 1.38 bits per heavy atom. The molecule has 0 bridgehead atoms. The summed E-state index contributed by atoms with van der Waals surface area (Å²) in [5.41, 5.74) is 5.35. The monoisotopic (exact) mass is 291 g/mol. The maximum atomic E-state index is 12.4. The highest BCUT2D eigenvalue weighted by atomic mass is 16.6. The van der Waals surface area contributed by atoms with E-state index in [1.54, 1.807) is 6.07 Å². The van der Waals surface area contributed by atoms with Crippen molar-refractivity contribution in [2.75, 3.05) is 5.73 Å². The number of carbonyl (C=O) groups excluding carboxylic acids is 1. The zero-order valence-corrected chi connectivity index (χ0v) is 12.3. The second-order valence-corrected chi connectivity index (χ2v) is 5.85. The number of carbonyl (C=O) groups is 1. The predicted molar refractivity (Wildman–Crippen MR) is 80.9 cm³/mol. The summed E-state index contributed by atoms with van der Waals surface area (Å²) in [7, 11) is 0. The summed E-state index contributed by atoms with van der Waals surface area (Å²) in [5.74, 6) is 0.489. The van der Waals surface area contributed by atoms with Crippen molar-refractivity contribution in [2.24, 2.45) is 11.8 Å². The Labute approximate surface area is 123 Å². The van der Waals surface area contributed by atoms with Crippen LogP contribution in [0.3, 0.4) is 0 Å². The van der Waals surface area contributed by atoms with E-state index in [1.807, 2.05) is 0 Å². The third-order valence-corrected chi connectivity index (χ3v) is 4.52. The average molecular weight is 291 g/mol. The van der Waals surface area contributed by atoms with Crippen molar-refractivity contribution in [3.05, 3.63) is 33.9 Å². The number of hydrogen-bond donors (Lipinski definition) is 2. The summed E-state index contributed by atoms with van der Waals surface area (Å²) in [6.45, 7) is 4.29. The molecule has 0 aromatic heterocycles. The highest BCUT2D eigenvalue weighted by Gasteiger charge is 2.30. The third-order valence-electron chi connectivity index (χ3n) is 4.52. The van der Waals surface area contributed by atoms with Crippen LogP contribution in [-0.4, -0.2) is 16.9 Å². The minimum Gasteiger partial charge on any atom is -0.393 e. The number of nitrogen functional groups attached to an aromatic ring is 1. The molecule has 6 heteroatoms. The first kappa shape index (κ1) is 15.3. The van der Waals surface area contributed by atoms with Gasteiger partial charge in [-0.1, -0.05) is 32.8 Å². The van der Waals surface area contributed by atoms with E-state index >= 15 is 0 Å². The summed E-state index contributed by atoms with van der Waals surface area (Å²) < 4.78 is 0. The second-order valence-electron chi connectivity index (χ2n) is 5.85. The molecular weight excluding hydrogens is 270 g/mol. The molecule has 1 saturated carbocycles. The van der Waals surface area contributed by atoms with Gasteiger partial charge in [0.1, 0.15) is 11.3 Å². The van der Waals surface area contributed by atoms with Crippen molar-refractivity contribution in [3.63, 3.8) is 0 Å². The standard InChI is InChI=1S/C15H21N3O3/c1-9-5-3-8-13(10(9)2)17-15(19)11-6-4-7-12(16)14(11)18(20)21/h4,6-7,9-10,13H,3,5,8,16H2,1-2H3,(H,17,19). The van der Waals surface area contributed by atoms with E-state index in [2.05, 4.69) is 19.2 Å². The van der Waals surface area contributed by atoms with Crippen LogP contribution in [0.5, 0.6) is 0 Å². The molecule has 3 N–H and O–H groups in total. The number of nitrogens with zero attached hydrogens (tertiary/aromatic N) is 1. The normalized spacial score (nSPS) is 25.3. The molecule has 2 rings (SSSR count). The fourth-order valence-electron chi connectivity index (χ4n) is 2.98. The lowest BCUT2D eigenvalue weighted by molar-refractivity contribution is -0.384. The van der Waals surface area contributed by atoms with Crippen LogP contribution in [0.15, 0.2) is 18.2 Å². The topological polar surface area (TPSA) is 98.3 Å². The molecule has 0 aliphatic heterocycles. The summed E-state index contributed by atoms with van der Waals surface area (Å²) in [4.78, 5) is 22.9. The van der Waals surface area contributed by atoms with E-state index < -0.39 is 10.8 Å². The molecule has 114 valence electrons. The van der Waals surface area contributed by atoms with Gasteiger partial charge in [-0.15, -0.1) is 0 Å². The number of anilines is 1. The van der Waals surface area contributed by atoms with Crippen molar-refractivity contribution in [2.45, 2.75) is 39.2 Å². The van der Waals surface area contributed by atoms with Gasteiger partial charge in [-0.2, -0.15) is 0 Å². The minimum atomic E-state index is -0.600. The fourth-order valence-corrected chi connectivity index (χ4v) is 2.98. The Morgan fingerprint density at radius 3 is 2.76 bits per heavy atom. The van der Waals surface area contributed by atoms with Crippen LogP contribution in [0.4, 0.5) is 11.4 Å². The van der Waals surface area contributed by atoms with E-state index in [9.17, 15) is 14.9 Å². The van der Waals surface area contributed by atoms with Gasteiger partial charge in [0.15, 0.2) is 0 Å². The van der Waals surface area contributed by atoms with Gasteiger partial charge in [-0.25, -0.2) is 0 Å². The van der Waals surface area contributed by atoms with E-state index in [1.165, 1.54) is 12.1 Å². The lowest BCUT2D eigenvalue weighted by atomic mass is 9.78. The first-order chi connectivity index (χ1) is 9.91. The van der Waals surface area contributed by atoms with Crippen LogP contribution >= 0.6 is 0 Å². The zero-order valence-electron chi connectivity index (χ0n) is 12.3. The van der Waals surface area contributed by atoms with Gasteiger partial charge < -0.3 is 11.1 Å². The average Bonchev–Trinajstić information content (AvgIpc) is 2.43. The molecule has 1 aliphatic carbocycles. The number of nitro groups is 1. The van der Waals surface area contributed by atoms with Crippen molar-refractivity contribution in [3.8, 4) is 0 Å². The van der Waals surface area contributed by atoms with Crippen LogP contribution in [0, 0.1) is 22.0 Å². The Morgan fingerprint density at radius 2 is 2.10 bits per heavy atom. The van der Waals surface area contributed by atoms with Crippen LogP contribution in [0.2, 0.25) is 0 Å². The lowest BCUT2D eigenvalue weighted by Crippen LogP contribution is -2.43. The van der Waals surface area contributed by atoms with E-state index in [-0.39, 0.29) is 23.0 Å². The largest absolute Gasteiger partial charge is 0.393 e. The third kappa shape index (κ3) is 3.15. The fraction of sp³-hybridized carbons (Fsp3) is 0.533. The maximum absolute atomic E-state index is 12.4. The van der Waals surface area contributed by atoms with Gasteiger partial charge in [-0.05, 0) is 30.4 Å². The SMILES string of the molecule is CC1CCCC(NC(=O)c2cccc(N)c2[N+](=O)[O-])C1C. The second kappa shape index (κ2) is 6.11. The number of hydrogen-bond acceptors (Lipinski definition) is 4. The molecule has 1 amide bonds. The Bertz CT molecular complexity index is 559. The number of benzene rings is 1. The van der Waals surface area contributed by atoms with Crippen molar-refractivity contribution >= 4 is 17.3 Å². The quantitative estimate of drug-likeness (QED) is 0.508. The molecule has 1 aromatic carbocycles. The number of nitrogens with two attached hydrogens (primary N) is 1. The lowest BCUT2D eigenvalue weighted by Gasteiger charge is -2.34. The van der Waals surface area contributed by atoms with E-state index in [4.69, 9.17) is 5.73 Å². The van der Waals surface area contributed by atoms with Crippen molar-refractivity contribution in [1.29, 1.82) is 0 Å². The first-order valence-corrected chi connectivity index (χ1v) is 7.25. The van der Waals surface area contributed by atoms with E-state index in [0.29, 0.717) is 11.8 Å². The molecule has 0 spiro atoms. The summed E-state index contributed by atoms with van der Waals surface area (Å²) in [5, 5.41) is 14.0. The van der Waals surface area contributed by atoms with Gasteiger partial charge in [0, 0.05) is 6.04 Å². The van der Waals surface area contributed by atoms with E-state index in [0.717, 1.165) is 19.3 Å². The number of nitrogens with one attached hydrogen (secondary N) is 1. The van der Waals surface area contributed by atoms with Crippen LogP contribution < -0.4 is 11.1 Å². The zero-order chi connectivity index (χ0) is 15.6. The number of rotatable bonds is 3. The van der Waals surface area contributed by atoms with Gasteiger partial charge in [-0.3, -0.25) is 14.9 Å². The Hall–Kier alpha value is -2.11. The number of nitro benzene ring substituents is 1. The van der Waals surface area contributed by atoms with Crippen molar-refractivity contribution in [1.82, 2.24) is 5.32 Å². The van der Waals surface area contributed by atoms with Crippen LogP contribution in [-0.2, 0) is 0 Å². The molecule has 3 atom stereocenters. The Kier molecular flexibility index (Phi) is 4.45. The molecule has 21 heavy (non-hydrogen) atoms. The number of amides is 1. The Balaban J connectivity index is 2.21. The van der Waals surface area contributed by atoms with Gasteiger partial charge in [0.25, 0.3) is 5.91 Å². The molecule has 1 fully saturated rings. The highest BCUT2D eigenvalue weighted by Crippen LogP contribution is 2.31. The maximum Gasteiger partial charge on any atom is 0.304 e. The molecule has 0 saturated heterocycles. The van der Waals surface area contributed by atoms with Gasteiger partial charge in [0.05, 0.1) is 4.92 Å².